The van der Waals surface area contributed by atoms with Crippen molar-refractivity contribution in [3.63, 3.8) is 0 Å². The van der Waals surface area contributed by atoms with Gasteiger partial charge in [0.2, 0.25) is 0 Å². The van der Waals surface area contributed by atoms with Gasteiger partial charge in [0.1, 0.15) is 0 Å². The van der Waals surface area contributed by atoms with Crippen LogP contribution in [0.15, 0.2) is 121 Å². The summed E-state index contributed by atoms with van der Waals surface area (Å²) in [4.78, 5) is 5.53. The molecule has 0 spiro atoms. The quantitative estimate of drug-likeness (QED) is 0.313. The van der Waals surface area contributed by atoms with Crippen molar-refractivity contribution in [2.24, 2.45) is 11.8 Å². The van der Waals surface area contributed by atoms with E-state index >= 15 is 0 Å². The monoisotopic (exact) mass is 458 g/mol. The van der Waals surface area contributed by atoms with Crippen LogP contribution in [0.3, 0.4) is 0 Å². The van der Waals surface area contributed by atoms with E-state index in [2.05, 4.69) is 131 Å². The van der Waals surface area contributed by atoms with Gasteiger partial charge in [-0.3, -0.25) is 9.80 Å². The number of rotatable bonds is 6. The molecular formula is C33H34N2. The molecule has 6 rings (SSSR count). The van der Waals surface area contributed by atoms with Gasteiger partial charge in [0, 0.05) is 26.2 Å². The number of likely N-dealkylation sites (tertiary alicyclic amines) is 2. The molecular weight excluding hydrogens is 424 g/mol. The zero-order valence-electron chi connectivity index (χ0n) is 20.3. The average Bonchev–Trinajstić information content (AvgIpc) is 2.91. The summed E-state index contributed by atoms with van der Waals surface area (Å²) in [5, 5.41) is 0. The van der Waals surface area contributed by atoms with Crippen molar-refractivity contribution in [1.82, 2.24) is 9.80 Å². The van der Waals surface area contributed by atoms with E-state index in [1.165, 1.54) is 28.7 Å². The van der Waals surface area contributed by atoms with Gasteiger partial charge < -0.3 is 0 Å². The molecule has 176 valence electrons. The van der Waals surface area contributed by atoms with E-state index in [4.69, 9.17) is 0 Å². The first-order valence-corrected chi connectivity index (χ1v) is 13.0. The van der Waals surface area contributed by atoms with E-state index in [9.17, 15) is 0 Å². The smallest absolute Gasteiger partial charge is 0.0602 e. The molecule has 2 nitrogen and oxygen atoms in total. The van der Waals surface area contributed by atoms with Crippen LogP contribution in [0.4, 0.5) is 0 Å². The Balaban J connectivity index is 1.28. The van der Waals surface area contributed by atoms with E-state index in [1.807, 2.05) is 0 Å². The molecule has 0 amide bonds. The first-order chi connectivity index (χ1) is 17.3. The standard InChI is InChI=1S/C33H34N2/c1-5-13-28(14-6-1)32(29-15-7-2-8-16-29)34-22-26-21-27(23-34)25-35(24-26)33(30-17-9-3-10-18-30)31-19-11-4-12-20-31/h1-20,26-27,32-33H,21-25H2. The Bertz CT molecular complexity index is 1010. The highest BCUT2D eigenvalue weighted by Crippen LogP contribution is 2.40. The molecule has 0 N–H and O–H groups in total. The summed E-state index contributed by atoms with van der Waals surface area (Å²) in [6.07, 6.45) is 1.35. The third-order valence-electron chi connectivity index (χ3n) is 7.83. The van der Waals surface area contributed by atoms with Gasteiger partial charge in [-0.05, 0) is 40.5 Å². The zero-order valence-corrected chi connectivity index (χ0v) is 20.3. The van der Waals surface area contributed by atoms with Gasteiger partial charge >= 0.3 is 0 Å². The second kappa shape index (κ2) is 10.2. The van der Waals surface area contributed by atoms with Crippen molar-refractivity contribution in [2.45, 2.75) is 18.5 Å². The average molecular weight is 459 g/mol. The summed E-state index contributed by atoms with van der Waals surface area (Å²) < 4.78 is 0. The minimum absolute atomic E-state index is 0.327. The van der Waals surface area contributed by atoms with Crippen molar-refractivity contribution in [2.75, 3.05) is 26.2 Å². The first-order valence-electron chi connectivity index (χ1n) is 13.0. The van der Waals surface area contributed by atoms with Crippen LogP contribution < -0.4 is 0 Å². The van der Waals surface area contributed by atoms with Gasteiger partial charge in [-0.1, -0.05) is 121 Å². The molecule has 2 saturated heterocycles. The molecule has 4 aromatic carbocycles. The second-order valence-electron chi connectivity index (χ2n) is 10.3. The Morgan fingerprint density at radius 2 is 0.657 bits per heavy atom. The van der Waals surface area contributed by atoms with Crippen LogP contribution in [0, 0.1) is 11.8 Å². The molecule has 35 heavy (non-hydrogen) atoms. The molecule has 2 aliphatic heterocycles. The fraction of sp³-hybridized carbons (Fsp3) is 0.273. The maximum atomic E-state index is 2.76. The number of benzene rings is 4. The van der Waals surface area contributed by atoms with Gasteiger partial charge in [-0.15, -0.1) is 0 Å². The number of hydrogen-bond acceptors (Lipinski definition) is 2. The second-order valence-corrected chi connectivity index (χ2v) is 10.3. The van der Waals surface area contributed by atoms with Gasteiger partial charge in [-0.25, -0.2) is 0 Å². The lowest BCUT2D eigenvalue weighted by molar-refractivity contribution is 0.00586. The molecule has 0 aliphatic carbocycles. The number of fused-ring (bicyclic) bond motifs is 2. The SMILES string of the molecule is c1ccc(C(c2ccccc2)N2CC3CC(C2)CN(C(c2ccccc2)c2ccccc2)C3)cc1. The summed E-state index contributed by atoms with van der Waals surface area (Å²) in [7, 11) is 0. The maximum Gasteiger partial charge on any atom is 0.0602 e. The topological polar surface area (TPSA) is 6.48 Å². The zero-order chi connectivity index (χ0) is 23.5. The fourth-order valence-electron chi connectivity index (χ4n) is 6.55. The molecule has 0 saturated carbocycles. The predicted molar refractivity (Wildman–Crippen MR) is 144 cm³/mol. The molecule has 2 fully saturated rings. The Hall–Kier alpha value is -3.20. The van der Waals surface area contributed by atoms with Crippen molar-refractivity contribution in [3.8, 4) is 0 Å². The molecule has 2 aliphatic rings. The largest absolute Gasteiger partial charge is 0.292 e. The molecule has 0 aromatic heterocycles. The Labute approximate surface area is 209 Å². The lowest BCUT2D eigenvalue weighted by Gasteiger charge is -2.50. The summed E-state index contributed by atoms with van der Waals surface area (Å²) in [5.41, 5.74) is 5.62. The highest BCUT2D eigenvalue weighted by molar-refractivity contribution is 5.34. The number of hydrogen-bond donors (Lipinski definition) is 0. The lowest BCUT2D eigenvalue weighted by Crippen LogP contribution is -2.54. The van der Waals surface area contributed by atoms with Crippen molar-refractivity contribution >= 4 is 0 Å². The van der Waals surface area contributed by atoms with Crippen LogP contribution in [0.5, 0.6) is 0 Å². The molecule has 0 radical (unpaired) electrons. The molecule has 2 heterocycles. The van der Waals surface area contributed by atoms with E-state index < -0.39 is 0 Å². The van der Waals surface area contributed by atoms with Crippen LogP contribution in [0.25, 0.3) is 0 Å². The molecule has 0 unspecified atom stereocenters. The van der Waals surface area contributed by atoms with Crippen LogP contribution in [-0.2, 0) is 0 Å². The third kappa shape index (κ3) is 4.82. The minimum atomic E-state index is 0.327. The minimum Gasteiger partial charge on any atom is -0.292 e. The van der Waals surface area contributed by atoms with E-state index in [0.29, 0.717) is 23.9 Å². The number of nitrogens with zero attached hydrogens (tertiary/aromatic N) is 2. The molecule has 2 bridgehead atoms. The Morgan fingerprint density at radius 3 is 0.914 bits per heavy atom. The lowest BCUT2D eigenvalue weighted by atomic mass is 9.81. The first kappa shape index (κ1) is 22.3. The molecule has 0 atom stereocenters. The van der Waals surface area contributed by atoms with Crippen molar-refractivity contribution in [1.29, 1.82) is 0 Å². The summed E-state index contributed by atoms with van der Waals surface area (Å²) in [6, 6.07) is 45.0. The maximum absolute atomic E-state index is 2.76. The van der Waals surface area contributed by atoms with Crippen molar-refractivity contribution in [3.05, 3.63) is 144 Å². The van der Waals surface area contributed by atoms with Crippen LogP contribution in [0.2, 0.25) is 0 Å². The van der Waals surface area contributed by atoms with Crippen LogP contribution >= 0.6 is 0 Å². The summed E-state index contributed by atoms with van der Waals surface area (Å²) in [5.74, 6) is 1.37. The highest BCUT2D eigenvalue weighted by Gasteiger charge is 2.39. The normalized spacial score (nSPS) is 20.9. The van der Waals surface area contributed by atoms with E-state index in [1.54, 1.807) is 0 Å². The van der Waals surface area contributed by atoms with Gasteiger partial charge in [0.25, 0.3) is 0 Å². The van der Waals surface area contributed by atoms with Gasteiger partial charge in [-0.2, -0.15) is 0 Å². The van der Waals surface area contributed by atoms with Gasteiger partial charge in [0.15, 0.2) is 0 Å². The summed E-state index contributed by atoms with van der Waals surface area (Å²) in [6.45, 7) is 4.60. The van der Waals surface area contributed by atoms with Crippen LogP contribution in [0.1, 0.15) is 40.8 Å². The fourth-order valence-corrected chi connectivity index (χ4v) is 6.55. The third-order valence-corrected chi connectivity index (χ3v) is 7.83. The number of piperidine rings is 2. The predicted octanol–water partition coefficient (Wildman–Crippen LogP) is 6.82. The summed E-state index contributed by atoms with van der Waals surface area (Å²) >= 11 is 0. The molecule has 4 aromatic rings. The van der Waals surface area contributed by atoms with Crippen molar-refractivity contribution < 1.29 is 0 Å². The Morgan fingerprint density at radius 1 is 0.400 bits per heavy atom. The van der Waals surface area contributed by atoms with Gasteiger partial charge in [0.05, 0.1) is 12.1 Å². The molecule has 2 heteroatoms. The van der Waals surface area contributed by atoms with E-state index in [-0.39, 0.29) is 0 Å². The van der Waals surface area contributed by atoms with Crippen LogP contribution in [-0.4, -0.2) is 36.0 Å². The Kier molecular flexibility index (Phi) is 6.49. The highest BCUT2D eigenvalue weighted by atomic mass is 15.2. The van der Waals surface area contributed by atoms with E-state index in [0.717, 1.165) is 26.2 Å².